The van der Waals surface area contributed by atoms with Crippen molar-refractivity contribution in [2.45, 2.75) is 76.9 Å². The minimum atomic E-state index is -3.53. The van der Waals surface area contributed by atoms with Crippen LogP contribution in [0.1, 0.15) is 61.6 Å². The number of para-hydroxylation sites is 1. The van der Waals surface area contributed by atoms with E-state index in [0.29, 0.717) is 25.1 Å². The second-order valence-electron chi connectivity index (χ2n) is 11.3. The van der Waals surface area contributed by atoms with Crippen molar-refractivity contribution >= 4 is 27.5 Å². The molecule has 1 fully saturated rings. The molecule has 4 rings (SSSR count). The summed E-state index contributed by atoms with van der Waals surface area (Å²) in [5.41, 5.74) is 3.58. The van der Waals surface area contributed by atoms with Crippen LogP contribution in [0.4, 0.5) is 5.69 Å². The summed E-state index contributed by atoms with van der Waals surface area (Å²) in [5.74, 6) is -0.297. The van der Waals surface area contributed by atoms with E-state index in [1.165, 1.54) is 17.0 Å². The van der Waals surface area contributed by atoms with Gasteiger partial charge in [0, 0.05) is 32.0 Å². The predicted molar refractivity (Wildman–Crippen MR) is 169 cm³/mol. The Kier molecular flexibility index (Phi) is 11.2. The summed E-state index contributed by atoms with van der Waals surface area (Å²) < 4.78 is 26.5. The number of nitrogens with zero attached hydrogens (tertiary/aromatic N) is 2. The van der Waals surface area contributed by atoms with Crippen molar-refractivity contribution in [3.8, 4) is 0 Å². The van der Waals surface area contributed by atoms with Gasteiger partial charge in [-0.3, -0.25) is 13.9 Å². The van der Waals surface area contributed by atoms with Gasteiger partial charge in [0.15, 0.2) is 0 Å². The summed E-state index contributed by atoms with van der Waals surface area (Å²) in [6, 6.07) is 26.1. The van der Waals surface area contributed by atoms with Gasteiger partial charge < -0.3 is 10.2 Å². The molecule has 7 nitrogen and oxygen atoms in total. The predicted octanol–water partition coefficient (Wildman–Crippen LogP) is 5.63. The van der Waals surface area contributed by atoms with Gasteiger partial charge in [0.1, 0.15) is 6.04 Å². The number of carbonyl (C=O) groups is 2. The van der Waals surface area contributed by atoms with E-state index in [4.69, 9.17) is 0 Å². The molecule has 8 heteroatoms. The summed E-state index contributed by atoms with van der Waals surface area (Å²) in [7, 11) is -3.53. The summed E-state index contributed by atoms with van der Waals surface area (Å²) in [6.07, 6.45) is 7.31. The third kappa shape index (κ3) is 8.92. The van der Waals surface area contributed by atoms with E-state index < -0.39 is 16.1 Å². The topological polar surface area (TPSA) is 86.8 Å². The van der Waals surface area contributed by atoms with Crippen LogP contribution in [0.5, 0.6) is 0 Å². The highest BCUT2D eigenvalue weighted by molar-refractivity contribution is 7.92. The highest BCUT2D eigenvalue weighted by Gasteiger charge is 2.32. The minimum absolute atomic E-state index is 0.118. The van der Waals surface area contributed by atoms with Crippen LogP contribution in [0.2, 0.25) is 0 Å². The quantitative estimate of drug-likeness (QED) is 0.280. The van der Waals surface area contributed by atoms with Crippen LogP contribution in [-0.2, 0) is 32.6 Å². The number of aryl methyl sites for hydroxylation is 1. The maximum absolute atomic E-state index is 14.0. The number of hydrogen-bond acceptors (Lipinski definition) is 4. The molecule has 1 atom stereocenters. The highest BCUT2D eigenvalue weighted by atomic mass is 32.2. The molecule has 0 unspecified atom stereocenters. The molecule has 0 heterocycles. The fraction of sp³-hybridized carbons (Fsp3) is 0.412. The zero-order chi connectivity index (χ0) is 30.0. The lowest BCUT2D eigenvalue weighted by Crippen LogP contribution is -2.53. The monoisotopic (exact) mass is 589 g/mol. The standard InChI is InChI=1S/C34H43N3O4S/c1-27-15-12-13-18-29(27)26-36(33(38)23-14-24-37(42(2,40)41)31-21-10-5-11-22-31)32(25-28-16-6-3-7-17-28)34(39)35-30-19-8-4-9-20-30/h3,5-7,10-13,15-18,21-22,30,32H,4,8-9,14,19-20,23-26H2,1-2H3,(H,35,39)/t32-/m0/s1. The number of rotatable bonds is 13. The molecule has 1 aliphatic carbocycles. The van der Waals surface area contributed by atoms with E-state index >= 15 is 0 Å². The molecule has 224 valence electrons. The van der Waals surface area contributed by atoms with E-state index in [-0.39, 0.29) is 30.8 Å². The molecule has 42 heavy (non-hydrogen) atoms. The number of amides is 2. The SMILES string of the molecule is Cc1ccccc1CN(C(=O)CCCN(c1ccccc1)S(C)(=O)=O)[C@@H](Cc1ccccc1)C(=O)NC1CCCCC1. The smallest absolute Gasteiger partial charge is 0.243 e. The Bertz CT molecular complexity index is 1410. The number of nitrogens with one attached hydrogen (secondary N) is 1. The summed E-state index contributed by atoms with van der Waals surface area (Å²) in [6.45, 7) is 2.48. The third-order valence-corrected chi connectivity index (χ3v) is 9.22. The van der Waals surface area contributed by atoms with Gasteiger partial charge >= 0.3 is 0 Å². The third-order valence-electron chi connectivity index (χ3n) is 8.02. The molecule has 0 bridgehead atoms. The van der Waals surface area contributed by atoms with Crippen molar-refractivity contribution in [3.05, 3.63) is 102 Å². The van der Waals surface area contributed by atoms with E-state index in [0.717, 1.165) is 42.4 Å². The van der Waals surface area contributed by atoms with Crippen LogP contribution in [-0.4, -0.2) is 50.0 Å². The first-order valence-electron chi connectivity index (χ1n) is 14.9. The largest absolute Gasteiger partial charge is 0.352 e. The van der Waals surface area contributed by atoms with Gasteiger partial charge in [-0.1, -0.05) is 92.1 Å². The van der Waals surface area contributed by atoms with Gasteiger partial charge in [0.2, 0.25) is 21.8 Å². The Labute approximate surface area is 251 Å². The average molecular weight is 590 g/mol. The van der Waals surface area contributed by atoms with Crippen LogP contribution in [0.15, 0.2) is 84.9 Å². The average Bonchev–Trinajstić information content (AvgIpc) is 2.98. The Morgan fingerprint density at radius 2 is 1.50 bits per heavy atom. The van der Waals surface area contributed by atoms with Crippen LogP contribution in [0, 0.1) is 6.92 Å². The Balaban J connectivity index is 1.59. The van der Waals surface area contributed by atoms with Crippen molar-refractivity contribution < 1.29 is 18.0 Å². The summed E-state index contributed by atoms with van der Waals surface area (Å²) in [5, 5.41) is 3.27. The zero-order valence-electron chi connectivity index (χ0n) is 24.7. The van der Waals surface area contributed by atoms with Gasteiger partial charge in [-0.2, -0.15) is 0 Å². The van der Waals surface area contributed by atoms with Crippen molar-refractivity contribution in [3.63, 3.8) is 0 Å². The van der Waals surface area contributed by atoms with E-state index in [1.807, 2.05) is 67.6 Å². The summed E-state index contributed by atoms with van der Waals surface area (Å²) >= 11 is 0. The maximum atomic E-state index is 14.0. The van der Waals surface area contributed by atoms with Crippen molar-refractivity contribution in [2.24, 2.45) is 0 Å². The molecule has 3 aromatic carbocycles. The van der Waals surface area contributed by atoms with E-state index in [1.54, 1.807) is 29.2 Å². The van der Waals surface area contributed by atoms with Crippen LogP contribution in [0.3, 0.4) is 0 Å². The molecule has 0 saturated heterocycles. The lowest BCUT2D eigenvalue weighted by molar-refractivity contribution is -0.141. The fourth-order valence-electron chi connectivity index (χ4n) is 5.67. The van der Waals surface area contributed by atoms with Gasteiger partial charge in [-0.15, -0.1) is 0 Å². The first-order valence-corrected chi connectivity index (χ1v) is 16.8. The Morgan fingerprint density at radius 3 is 2.14 bits per heavy atom. The minimum Gasteiger partial charge on any atom is -0.352 e. The molecule has 0 spiro atoms. The first-order chi connectivity index (χ1) is 20.2. The fourth-order valence-corrected chi connectivity index (χ4v) is 6.63. The molecule has 2 amide bonds. The van der Waals surface area contributed by atoms with Gasteiger partial charge in [-0.05, 0) is 55.0 Å². The van der Waals surface area contributed by atoms with E-state index in [9.17, 15) is 18.0 Å². The number of benzene rings is 3. The number of sulfonamides is 1. The van der Waals surface area contributed by atoms with Crippen molar-refractivity contribution in [2.75, 3.05) is 17.1 Å². The van der Waals surface area contributed by atoms with Crippen LogP contribution < -0.4 is 9.62 Å². The first kappa shape index (κ1) is 31.3. The number of carbonyl (C=O) groups excluding carboxylic acids is 2. The molecule has 0 aromatic heterocycles. The highest BCUT2D eigenvalue weighted by Crippen LogP contribution is 2.22. The molecular formula is C34H43N3O4S. The molecule has 0 aliphatic heterocycles. The lowest BCUT2D eigenvalue weighted by Gasteiger charge is -2.34. The lowest BCUT2D eigenvalue weighted by atomic mass is 9.94. The molecule has 1 N–H and O–H groups in total. The van der Waals surface area contributed by atoms with Gasteiger partial charge in [0.25, 0.3) is 0 Å². The maximum Gasteiger partial charge on any atom is 0.243 e. The normalized spacial score (nSPS) is 14.6. The number of anilines is 1. The zero-order valence-corrected chi connectivity index (χ0v) is 25.6. The van der Waals surface area contributed by atoms with Crippen molar-refractivity contribution in [1.82, 2.24) is 10.2 Å². The van der Waals surface area contributed by atoms with E-state index in [2.05, 4.69) is 5.32 Å². The Morgan fingerprint density at radius 1 is 0.881 bits per heavy atom. The van der Waals surface area contributed by atoms with Crippen LogP contribution >= 0.6 is 0 Å². The molecule has 1 aliphatic rings. The summed E-state index contributed by atoms with van der Waals surface area (Å²) in [4.78, 5) is 29.7. The molecule has 1 saturated carbocycles. The number of hydrogen-bond donors (Lipinski definition) is 1. The second kappa shape index (κ2) is 15.0. The molecule has 3 aromatic rings. The Hall–Kier alpha value is -3.65. The van der Waals surface area contributed by atoms with Gasteiger partial charge in [0.05, 0.1) is 11.9 Å². The van der Waals surface area contributed by atoms with Crippen molar-refractivity contribution in [1.29, 1.82) is 0 Å². The molecule has 0 radical (unpaired) electrons. The molecular weight excluding hydrogens is 546 g/mol. The van der Waals surface area contributed by atoms with Gasteiger partial charge in [-0.25, -0.2) is 8.42 Å². The second-order valence-corrected chi connectivity index (χ2v) is 13.2. The van der Waals surface area contributed by atoms with Crippen LogP contribution in [0.25, 0.3) is 0 Å².